The number of ether oxygens (including phenoxy) is 1. The Hall–Kier alpha value is -0.770. The molecule has 1 N–H and O–H groups in total. The third kappa shape index (κ3) is 8.30. The van der Waals surface area contributed by atoms with E-state index in [1.165, 1.54) is 11.3 Å². The lowest BCUT2D eigenvalue weighted by Crippen LogP contribution is -2.40. The first-order chi connectivity index (χ1) is 9.82. The predicted octanol–water partition coefficient (Wildman–Crippen LogP) is 4.49. The van der Waals surface area contributed by atoms with Crippen molar-refractivity contribution in [2.24, 2.45) is 17.3 Å². The fourth-order valence-electron chi connectivity index (χ4n) is 2.75. The van der Waals surface area contributed by atoms with Gasteiger partial charge in [-0.05, 0) is 31.1 Å². The summed E-state index contributed by atoms with van der Waals surface area (Å²) in [7, 11) is 0. The number of carbonyl (C=O) groups is 1. The van der Waals surface area contributed by atoms with E-state index >= 15 is 0 Å². The first-order valence-electron chi connectivity index (χ1n) is 8.38. The largest absolute Gasteiger partial charge is 0.465 e. The van der Waals surface area contributed by atoms with Crippen LogP contribution in [0, 0.1) is 17.3 Å². The maximum absolute atomic E-state index is 10.4. The first-order valence-corrected chi connectivity index (χ1v) is 8.38. The Morgan fingerprint density at radius 2 is 1.76 bits per heavy atom. The van der Waals surface area contributed by atoms with E-state index in [0.29, 0.717) is 11.3 Å². The molecule has 0 bridgehead atoms. The van der Waals surface area contributed by atoms with Gasteiger partial charge in [0.05, 0.1) is 13.2 Å². The van der Waals surface area contributed by atoms with Gasteiger partial charge in [0.2, 0.25) is 0 Å². The van der Waals surface area contributed by atoms with Crippen molar-refractivity contribution in [1.29, 1.82) is 0 Å². The summed E-state index contributed by atoms with van der Waals surface area (Å²) in [5, 5.41) is 8.55. The zero-order chi connectivity index (χ0) is 16.5. The molecule has 2 saturated heterocycles. The average Bonchev–Trinajstić information content (AvgIpc) is 2.40. The van der Waals surface area contributed by atoms with Crippen LogP contribution in [0.1, 0.15) is 60.8 Å². The van der Waals surface area contributed by atoms with Crippen molar-refractivity contribution >= 4 is 6.09 Å². The maximum Gasteiger partial charge on any atom is 0.407 e. The van der Waals surface area contributed by atoms with Crippen LogP contribution >= 0.6 is 0 Å². The van der Waals surface area contributed by atoms with Gasteiger partial charge in [0, 0.05) is 18.5 Å². The van der Waals surface area contributed by atoms with E-state index in [0.717, 1.165) is 45.1 Å². The van der Waals surface area contributed by atoms with E-state index in [1.807, 2.05) is 13.8 Å². The SMILES string of the molecule is CC.CC(C)CC1(C)COC1.CC1CCN(C(=O)O)CC1. The van der Waals surface area contributed by atoms with Gasteiger partial charge in [-0.25, -0.2) is 4.79 Å². The van der Waals surface area contributed by atoms with Crippen LogP contribution in [0.15, 0.2) is 0 Å². The molecule has 0 aliphatic carbocycles. The molecule has 126 valence electrons. The zero-order valence-electron chi connectivity index (χ0n) is 14.8. The van der Waals surface area contributed by atoms with Gasteiger partial charge in [-0.3, -0.25) is 0 Å². The fourth-order valence-corrected chi connectivity index (χ4v) is 2.75. The molecule has 0 unspecified atom stereocenters. The lowest BCUT2D eigenvalue weighted by atomic mass is 9.80. The molecular formula is C17H35NO3. The second-order valence-electron chi connectivity index (χ2n) is 6.85. The van der Waals surface area contributed by atoms with Crippen molar-refractivity contribution in [3.63, 3.8) is 0 Å². The highest BCUT2D eigenvalue weighted by atomic mass is 16.5. The summed E-state index contributed by atoms with van der Waals surface area (Å²) in [6.07, 6.45) is 2.58. The monoisotopic (exact) mass is 301 g/mol. The number of piperidine rings is 1. The molecule has 4 nitrogen and oxygen atoms in total. The summed E-state index contributed by atoms with van der Waals surface area (Å²) >= 11 is 0. The highest BCUT2D eigenvalue weighted by Gasteiger charge is 2.33. The maximum atomic E-state index is 10.4. The van der Waals surface area contributed by atoms with E-state index in [9.17, 15) is 4.79 Å². The van der Waals surface area contributed by atoms with Crippen molar-refractivity contribution in [2.75, 3.05) is 26.3 Å². The number of hydrogen-bond donors (Lipinski definition) is 1. The van der Waals surface area contributed by atoms with Gasteiger partial charge in [-0.1, -0.05) is 41.5 Å². The molecule has 2 aliphatic heterocycles. The third-order valence-electron chi connectivity index (χ3n) is 3.86. The number of nitrogens with zero attached hydrogens (tertiary/aromatic N) is 1. The first kappa shape index (κ1) is 20.2. The average molecular weight is 301 g/mol. The van der Waals surface area contributed by atoms with E-state index in [1.54, 1.807) is 0 Å². The molecule has 0 aromatic heterocycles. The molecule has 2 aliphatic rings. The summed E-state index contributed by atoms with van der Waals surface area (Å²) in [4.78, 5) is 11.9. The van der Waals surface area contributed by atoms with Crippen LogP contribution in [0.3, 0.4) is 0 Å². The fraction of sp³-hybridized carbons (Fsp3) is 0.941. The second-order valence-corrected chi connectivity index (χ2v) is 6.85. The summed E-state index contributed by atoms with van der Waals surface area (Å²) < 4.78 is 5.14. The van der Waals surface area contributed by atoms with Gasteiger partial charge in [0.1, 0.15) is 0 Å². The minimum absolute atomic E-state index is 0.522. The second kappa shape index (κ2) is 10.0. The van der Waals surface area contributed by atoms with E-state index < -0.39 is 6.09 Å². The molecule has 0 radical (unpaired) electrons. The summed E-state index contributed by atoms with van der Waals surface area (Å²) in [5.41, 5.74) is 0.522. The normalized spacial score (nSPS) is 20.6. The molecular weight excluding hydrogens is 266 g/mol. The predicted molar refractivity (Wildman–Crippen MR) is 87.7 cm³/mol. The van der Waals surface area contributed by atoms with Crippen molar-refractivity contribution in [2.45, 2.75) is 60.8 Å². The Balaban J connectivity index is 0.000000342. The van der Waals surface area contributed by atoms with Gasteiger partial charge >= 0.3 is 6.09 Å². The van der Waals surface area contributed by atoms with Crippen LogP contribution in [-0.2, 0) is 4.74 Å². The number of rotatable bonds is 2. The molecule has 2 rings (SSSR count). The molecule has 0 atom stereocenters. The van der Waals surface area contributed by atoms with E-state index in [4.69, 9.17) is 9.84 Å². The molecule has 21 heavy (non-hydrogen) atoms. The molecule has 4 heteroatoms. The highest BCUT2D eigenvalue weighted by Crippen LogP contribution is 2.33. The summed E-state index contributed by atoms with van der Waals surface area (Å²) in [5.74, 6) is 1.52. The van der Waals surface area contributed by atoms with Crippen LogP contribution in [-0.4, -0.2) is 42.4 Å². The summed E-state index contributed by atoms with van der Waals surface area (Å²) in [6.45, 7) is 16.4. The van der Waals surface area contributed by atoms with Gasteiger partial charge in [0.25, 0.3) is 0 Å². The van der Waals surface area contributed by atoms with Crippen molar-refractivity contribution in [3.8, 4) is 0 Å². The molecule has 0 aromatic rings. The smallest absolute Gasteiger partial charge is 0.407 e. The Labute approximate surface area is 130 Å². The van der Waals surface area contributed by atoms with Gasteiger partial charge in [0.15, 0.2) is 0 Å². The quantitative estimate of drug-likeness (QED) is 0.817. The lowest BCUT2D eigenvalue weighted by molar-refractivity contribution is -0.111. The Kier molecular flexibility index (Phi) is 9.67. The van der Waals surface area contributed by atoms with Crippen LogP contribution in [0.5, 0.6) is 0 Å². The Morgan fingerprint density at radius 1 is 1.29 bits per heavy atom. The summed E-state index contributed by atoms with van der Waals surface area (Å²) in [6, 6.07) is 0. The molecule has 0 spiro atoms. The third-order valence-corrected chi connectivity index (χ3v) is 3.86. The van der Waals surface area contributed by atoms with Crippen molar-refractivity contribution in [3.05, 3.63) is 0 Å². The van der Waals surface area contributed by atoms with Gasteiger partial charge in [-0.2, -0.15) is 0 Å². The molecule has 0 aromatic carbocycles. The molecule has 2 fully saturated rings. The number of likely N-dealkylation sites (tertiary alicyclic amines) is 1. The number of amides is 1. The van der Waals surface area contributed by atoms with E-state index in [-0.39, 0.29) is 0 Å². The molecule has 0 saturated carbocycles. The Morgan fingerprint density at radius 3 is 2.00 bits per heavy atom. The highest BCUT2D eigenvalue weighted by molar-refractivity contribution is 5.64. The van der Waals surface area contributed by atoms with E-state index in [2.05, 4.69) is 27.7 Å². The van der Waals surface area contributed by atoms with Crippen LogP contribution < -0.4 is 0 Å². The van der Waals surface area contributed by atoms with Crippen LogP contribution in [0.2, 0.25) is 0 Å². The topological polar surface area (TPSA) is 49.8 Å². The standard InChI is InChI=1S/C8H16O.C7H13NO2.C2H6/c1-7(2)4-8(3)5-9-6-8;1-6-2-4-8(5-3-6)7(9)10;1-2/h7H,4-6H2,1-3H3;6H,2-5H2,1H3,(H,9,10);1-2H3. The van der Waals surface area contributed by atoms with Crippen molar-refractivity contribution < 1.29 is 14.6 Å². The zero-order valence-corrected chi connectivity index (χ0v) is 14.8. The molecule has 2 heterocycles. The van der Waals surface area contributed by atoms with Crippen LogP contribution in [0.4, 0.5) is 4.79 Å². The molecule has 1 amide bonds. The van der Waals surface area contributed by atoms with Crippen molar-refractivity contribution in [1.82, 2.24) is 4.90 Å². The Bertz CT molecular complexity index is 280. The van der Waals surface area contributed by atoms with Gasteiger partial charge < -0.3 is 14.7 Å². The minimum Gasteiger partial charge on any atom is -0.465 e. The number of carboxylic acid groups (broad SMARTS) is 1. The lowest BCUT2D eigenvalue weighted by Gasteiger charge is -2.39. The van der Waals surface area contributed by atoms with Gasteiger partial charge in [-0.15, -0.1) is 0 Å². The number of hydrogen-bond acceptors (Lipinski definition) is 2. The minimum atomic E-state index is -0.771. The van der Waals surface area contributed by atoms with Crippen LogP contribution in [0.25, 0.3) is 0 Å².